The van der Waals surface area contributed by atoms with Crippen LogP contribution < -0.4 is 15.8 Å². The predicted molar refractivity (Wildman–Crippen MR) is 95.7 cm³/mol. The molecule has 0 aliphatic heterocycles. The molecule has 2 aromatic rings. The Morgan fingerprint density at radius 1 is 1.20 bits per heavy atom. The van der Waals surface area contributed by atoms with Crippen LogP contribution in [0.5, 0.6) is 5.75 Å². The fourth-order valence-corrected chi connectivity index (χ4v) is 3.17. The molecule has 3 N–H and O–H groups in total. The fourth-order valence-electron chi connectivity index (χ4n) is 3.17. The highest BCUT2D eigenvalue weighted by Crippen LogP contribution is 2.25. The number of nitrogens with one attached hydrogen (secondary N) is 1. The second-order valence-electron chi connectivity index (χ2n) is 6.56. The summed E-state index contributed by atoms with van der Waals surface area (Å²) >= 11 is 0. The van der Waals surface area contributed by atoms with E-state index in [-0.39, 0.29) is 23.7 Å². The first-order valence-electron chi connectivity index (χ1n) is 8.64. The van der Waals surface area contributed by atoms with Gasteiger partial charge in [-0.05, 0) is 49.1 Å². The molecule has 3 rings (SSSR count). The standard InChI is InChI=1S/C20H23FN2O2/c21-16-6-3-9-19(12-16)25-13-14-4-1-8-18(10-14)23-20(24)15-5-2-7-17(22)11-15/h1,3-4,6,8-10,12,15,17H,2,5,7,11,13,22H2,(H,23,24). The number of carbonyl (C=O) groups is 1. The molecule has 0 aromatic heterocycles. The molecule has 5 heteroatoms. The van der Waals surface area contributed by atoms with Crippen LogP contribution in [0.2, 0.25) is 0 Å². The lowest BCUT2D eigenvalue weighted by Crippen LogP contribution is -2.34. The Hall–Kier alpha value is -2.40. The molecule has 25 heavy (non-hydrogen) atoms. The Morgan fingerprint density at radius 3 is 2.84 bits per heavy atom. The van der Waals surface area contributed by atoms with Crippen LogP contribution in [0, 0.1) is 11.7 Å². The number of amides is 1. The predicted octanol–water partition coefficient (Wildman–Crippen LogP) is 3.86. The summed E-state index contributed by atoms with van der Waals surface area (Å²) in [5.41, 5.74) is 7.61. The normalized spacial score (nSPS) is 20.1. The van der Waals surface area contributed by atoms with Gasteiger partial charge in [0.1, 0.15) is 18.2 Å². The van der Waals surface area contributed by atoms with Crippen molar-refractivity contribution in [1.29, 1.82) is 0 Å². The van der Waals surface area contributed by atoms with Crippen LogP contribution in [0.15, 0.2) is 48.5 Å². The Morgan fingerprint density at radius 2 is 2.04 bits per heavy atom. The van der Waals surface area contributed by atoms with E-state index < -0.39 is 0 Å². The fraction of sp³-hybridized carbons (Fsp3) is 0.350. The summed E-state index contributed by atoms with van der Waals surface area (Å²) in [6, 6.07) is 13.7. The van der Waals surface area contributed by atoms with E-state index in [1.54, 1.807) is 12.1 Å². The van der Waals surface area contributed by atoms with Gasteiger partial charge >= 0.3 is 0 Å². The van der Waals surface area contributed by atoms with Gasteiger partial charge in [0.05, 0.1) is 0 Å². The monoisotopic (exact) mass is 342 g/mol. The minimum atomic E-state index is -0.329. The zero-order chi connectivity index (χ0) is 17.6. The zero-order valence-corrected chi connectivity index (χ0v) is 14.1. The first kappa shape index (κ1) is 17.4. The average molecular weight is 342 g/mol. The minimum Gasteiger partial charge on any atom is -0.489 e. The molecule has 1 aliphatic rings. The molecule has 1 amide bonds. The summed E-state index contributed by atoms with van der Waals surface area (Å²) in [6.45, 7) is 0.307. The van der Waals surface area contributed by atoms with Crippen LogP contribution >= 0.6 is 0 Å². The van der Waals surface area contributed by atoms with E-state index in [0.29, 0.717) is 12.4 Å². The van der Waals surface area contributed by atoms with Gasteiger partial charge in [-0.1, -0.05) is 24.6 Å². The molecular formula is C20H23FN2O2. The van der Waals surface area contributed by atoms with Gasteiger partial charge in [-0.2, -0.15) is 0 Å². The van der Waals surface area contributed by atoms with E-state index >= 15 is 0 Å². The van der Waals surface area contributed by atoms with Crippen molar-refractivity contribution in [2.75, 3.05) is 5.32 Å². The quantitative estimate of drug-likeness (QED) is 0.867. The largest absolute Gasteiger partial charge is 0.489 e. The molecule has 2 aromatic carbocycles. The molecule has 0 saturated heterocycles. The van der Waals surface area contributed by atoms with Crippen molar-refractivity contribution in [2.24, 2.45) is 11.7 Å². The lowest BCUT2D eigenvalue weighted by Gasteiger charge is -2.25. The smallest absolute Gasteiger partial charge is 0.227 e. The molecule has 0 heterocycles. The average Bonchev–Trinajstić information content (AvgIpc) is 2.60. The topological polar surface area (TPSA) is 64.4 Å². The van der Waals surface area contributed by atoms with E-state index in [9.17, 15) is 9.18 Å². The lowest BCUT2D eigenvalue weighted by molar-refractivity contribution is -0.120. The van der Waals surface area contributed by atoms with Gasteiger partial charge in [0.15, 0.2) is 0 Å². The summed E-state index contributed by atoms with van der Waals surface area (Å²) in [6.07, 6.45) is 3.63. The third kappa shape index (κ3) is 5.03. The SMILES string of the molecule is NC1CCCC(C(=O)Nc2cccc(COc3cccc(F)c3)c2)C1. The summed E-state index contributed by atoms with van der Waals surface area (Å²) in [5, 5.41) is 2.97. The highest BCUT2D eigenvalue weighted by atomic mass is 19.1. The van der Waals surface area contributed by atoms with Gasteiger partial charge in [-0.15, -0.1) is 0 Å². The van der Waals surface area contributed by atoms with Crippen LogP contribution in [-0.4, -0.2) is 11.9 Å². The third-order valence-electron chi connectivity index (χ3n) is 4.48. The van der Waals surface area contributed by atoms with Crippen LogP contribution in [0.1, 0.15) is 31.2 Å². The van der Waals surface area contributed by atoms with E-state index in [2.05, 4.69) is 5.32 Å². The number of rotatable bonds is 5. The van der Waals surface area contributed by atoms with Gasteiger partial charge in [0.25, 0.3) is 0 Å². The maximum Gasteiger partial charge on any atom is 0.227 e. The van der Waals surface area contributed by atoms with E-state index in [0.717, 1.165) is 36.9 Å². The number of hydrogen-bond acceptors (Lipinski definition) is 3. The zero-order valence-electron chi connectivity index (χ0n) is 14.1. The first-order chi connectivity index (χ1) is 12.1. The van der Waals surface area contributed by atoms with Gasteiger partial charge in [-0.3, -0.25) is 4.79 Å². The van der Waals surface area contributed by atoms with Crippen LogP contribution in [0.25, 0.3) is 0 Å². The molecule has 132 valence electrons. The molecule has 1 aliphatic carbocycles. The van der Waals surface area contributed by atoms with Gasteiger partial charge in [0.2, 0.25) is 5.91 Å². The summed E-state index contributed by atoms with van der Waals surface area (Å²) in [4.78, 5) is 12.4. The Kier molecular flexibility index (Phi) is 5.66. The van der Waals surface area contributed by atoms with E-state index in [1.807, 2.05) is 24.3 Å². The number of benzene rings is 2. The molecule has 1 fully saturated rings. The molecular weight excluding hydrogens is 319 g/mol. The number of anilines is 1. The number of carbonyl (C=O) groups excluding carboxylic acids is 1. The Bertz CT molecular complexity index is 735. The van der Waals surface area contributed by atoms with E-state index in [1.165, 1.54) is 12.1 Å². The number of hydrogen-bond donors (Lipinski definition) is 2. The number of nitrogens with two attached hydrogens (primary N) is 1. The van der Waals surface area contributed by atoms with Gasteiger partial charge in [-0.25, -0.2) is 4.39 Å². The Balaban J connectivity index is 1.58. The molecule has 0 radical (unpaired) electrons. The summed E-state index contributed by atoms with van der Waals surface area (Å²) in [5.74, 6) is 0.157. The highest BCUT2D eigenvalue weighted by molar-refractivity contribution is 5.92. The van der Waals surface area contributed by atoms with Crippen molar-refractivity contribution in [1.82, 2.24) is 0 Å². The molecule has 2 unspecified atom stereocenters. The van der Waals surface area contributed by atoms with Crippen molar-refractivity contribution in [3.05, 3.63) is 59.9 Å². The van der Waals surface area contributed by atoms with Crippen molar-refractivity contribution in [3.63, 3.8) is 0 Å². The van der Waals surface area contributed by atoms with Crippen molar-refractivity contribution in [2.45, 2.75) is 38.3 Å². The van der Waals surface area contributed by atoms with Crippen molar-refractivity contribution < 1.29 is 13.9 Å². The molecule has 0 bridgehead atoms. The highest BCUT2D eigenvalue weighted by Gasteiger charge is 2.25. The maximum atomic E-state index is 13.2. The van der Waals surface area contributed by atoms with Crippen molar-refractivity contribution >= 4 is 11.6 Å². The first-order valence-corrected chi connectivity index (χ1v) is 8.64. The lowest BCUT2D eigenvalue weighted by atomic mass is 9.85. The number of ether oxygens (including phenoxy) is 1. The van der Waals surface area contributed by atoms with E-state index in [4.69, 9.17) is 10.5 Å². The second kappa shape index (κ2) is 8.12. The Labute approximate surface area is 147 Å². The van der Waals surface area contributed by atoms with Crippen LogP contribution in [-0.2, 0) is 11.4 Å². The molecule has 4 nitrogen and oxygen atoms in total. The maximum absolute atomic E-state index is 13.2. The molecule has 2 atom stereocenters. The number of halogens is 1. The molecule has 0 spiro atoms. The van der Waals surface area contributed by atoms with Crippen molar-refractivity contribution in [3.8, 4) is 5.75 Å². The minimum absolute atomic E-state index is 0.0176. The van der Waals surface area contributed by atoms with Crippen LogP contribution in [0.4, 0.5) is 10.1 Å². The van der Waals surface area contributed by atoms with Gasteiger partial charge in [0, 0.05) is 23.7 Å². The van der Waals surface area contributed by atoms with Gasteiger partial charge < -0.3 is 15.8 Å². The molecule has 1 saturated carbocycles. The third-order valence-corrected chi connectivity index (χ3v) is 4.48. The summed E-state index contributed by atoms with van der Waals surface area (Å²) < 4.78 is 18.8. The second-order valence-corrected chi connectivity index (χ2v) is 6.56. The summed E-state index contributed by atoms with van der Waals surface area (Å²) in [7, 11) is 0. The van der Waals surface area contributed by atoms with Crippen LogP contribution in [0.3, 0.4) is 0 Å².